The topological polar surface area (TPSA) is 136 Å². The maximum Gasteiger partial charge on any atom is 0.329 e. The Morgan fingerprint density at radius 1 is 1.33 bits per heavy atom. The Balaban J connectivity index is 3.26. The molecule has 0 saturated carbocycles. The van der Waals surface area contributed by atoms with Crippen molar-refractivity contribution in [3.8, 4) is 0 Å². The van der Waals surface area contributed by atoms with Crippen molar-refractivity contribution < 1.29 is 19.7 Å². The highest BCUT2D eigenvalue weighted by Gasteiger charge is 2.34. The first-order valence-corrected chi connectivity index (χ1v) is 6.15. The predicted molar refractivity (Wildman–Crippen MR) is 74.3 cm³/mol. The fourth-order valence-electron chi connectivity index (χ4n) is 1.91. The normalized spacial score (nSPS) is 13.2. The molecule has 1 atom stereocenters. The minimum absolute atomic E-state index is 0.0658. The van der Waals surface area contributed by atoms with Crippen LogP contribution in [0.25, 0.3) is 0 Å². The van der Waals surface area contributed by atoms with E-state index in [0.29, 0.717) is 6.42 Å². The molecule has 2 N–H and O–H groups in total. The van der Waals surface area contributed by atoms with Gasteiger partial charge in [-0.2, -0.15) is 0 Å². The first kappa shape index (κ1) is 16.3. The number of carboxylic acids is 1. The molecule has 0 aliphatic carbocycles. The third-order valence-corrected chi connectivity index (χ3v) is 3.02. The number of hydrogen-bond donors (Lipinski definition) is 2. The zero-order valence-electron chi connectivity index (χ0n) is 11.5. The number of benzene rings is 1. The van der Waals surface area contributed by atoms with Gasteiger partial charge in [0.2, 0.25) is 0 Å². The number of carboxylic acid groups (broad SMARTS) is 1. The van der Waals surface area contributed by atoms with Crippen LogP contribution in [0.1, 0.15) is 26.7 Å². The van der Waals surface area contributed by atoms with Crippen LogP contribution < -0.4 is 5.32 Å². The molecule has 21 heavy (non-hydrogen) atoms. The van der Waals surface area contributed by atoms with Gasteiger partial charge in [0, 0.05) is 6.07 Å². The zero-order chi connectivity index (χ0) is 16.2. The molecule has 0 heterocycles. The maximum absolute atomic E-state index is 11.3. The van der Waals surface area contributed by atoms with E-state index >= 15 is 0 Å². The van der Waals surface area contributed by atoms with E-state index in [9.17, 15) is 30.1 Å². The lowest BCUT2D eigenvalue weighted by atomic mass is 9.95. The van der Waals surface area contributed by atoms with Crippen molar-refractivity contribution in [3.05, 3.63) is 38.4 Å². The van der Waals surface area contributed by atoms with Crippen molar-refractivity contribution in [1.29, 1.82) is 0 Å². The Morgan fingerprint density at radius 3 is 2.38 bits per heavy atom. The van der Waals surface area contributed by atoms with Crippen LogP contribution in [0, 0.1) is 20.2 Å². The third kappa shape index (κ3) is 3.65. The minimum atomic E-state index is -1.39. The number of nitrogens with one attached hydrogen (secondary N) is 1. The van der Waals surface area contributed by atoms with E-state index in [-0.39, 0.29) is 12.1 Å². The molecule has 1 aromatic carbocycles. The summed E-state index contributed by atoms with van der Waals surface area (Å²) in [5, 5.41) is 33.5. The van der Waals surface area contributed by atoms with Crippen molar-refractivity contribution in [3.63, 3.8) is 0 Å². The van der Waals surface area contributed by atoms with Crippen molar-refractivity contribution >= 4 is 23.0 Å². The fourth-order valence-corrected chi connectivity index (χ4v) is 1.91. The number of nitro benzene ring substituents is 2. The highest BCUT2D eigenvalue weighted by molar-refractivity contribution is 5.83. The lowest BCUT2D eigenvalue weighted by molar-refractivity contribution is -0.393. The van der Waals surface area contributed by atoms with Crippen LogP contribution in [0.3, 0.4) is 0 Å². The van der Waals surface area contributed by atoms with E-state index in [0.717, 1.165) is 18.2 Å². The smallest absolute Gasteiger partial charge is 0.329 e. The van der Waals surface area contributed by atoms with E-state index in [1.165, 1.54) is 6.92 Å². The van der Waals surface area contributed by atoms with Crippen molar-refractivity contribution in [2.45, 2.75) is 32.2 Å². The average molecular weight is 297 g/mol. The van der Waals surface area contributed by atoms with Gasteiger partial charge in [0.1, 0.15) is 11.2 Å². The summed E-state index contributed by atoms with van der Waals surface area (Å²) in [5.41, 5.74) is -2.42. The summed E-state index contributed by atoms with van der Waals surface area (Å²) < 4.78 is 0. The molecule has 9 nitrogen and oxygen atoms in total. The van der Waals surface area contributed by atoms with Gasteiger partial charge in [-0.15, -0.1) is 0 Å². The number of aliphatic carboxylic acids is 1. The molecule has 114 valence electrons. The summed E-state index contributed by atoms with van der Waals surface area (Å²) in [4.78, 5) is 31.4. The Morgan fingerprint density at radius 2 is 1.95 bits per heavy atom. The van der Waals surface area contributed by atoms with Gasteiger partial charge in [-0.25, -0.2) is 4.79 Å². The maximum atomic E-state index is 11.3. The lowest BCUT2D eigenvalue weighted by Gasteiger charge is -2.26. The number of nitrogens with zero attached hydrogens (tertiary/aromatic N) is 2. The Kier molecular flexibility index (Phi) is 4.79. The van der Waals surface area contributed by atoms with Crippen LogP contribution >= 0.6 is 0 Å². The molecule has 0 saturated heterocycles. The molecule has 0 amide bonds. The predicted octanol–water partition coefficient (Wildman–Crippen LogP) is 2.56. The third-order valence-electron chi connectivity index (χ3n) is 3.02. The van der Waals surface area contributed by atoms with Gasteiger partial charge in [-0.1, -0.05) is 13.3 Å². The Labute approximate surface area is 119 Å². The van der Waals surface area contributed by atoms with Gasteiger partial charge in [-0.05, 0) is 19.4 Å². The van der Waals surface area contributed by atoms with Crippen molar-refractivity contribution in [1.82, 2.24) is 0 Å². The second-order valence-electron chi connectivity index (χ2n) is 4.73. The largest absolute Gasteiger partial charge is 0.480 e. The second-order valence-corrected chi connectivity index (χ2v) is 4.73. The fraction of sp³-hybridized carbons (Fsp3) is 0.417. The molecule has 0 aromatic heterocycles. The van der Waals surface area contributed by atoms with Crippen LogP contribution in [0.4, 0.5) is 17.1 Å². The van der Waals surface area contributed by atoms with E-state index in [1.807, 2.05) is 0 Å². The van der Waals surface area contributed by atoms with Crippen LogP contribution in [0.15, 0.2) is 18.2 Å². The first-order valence-electron chi connectivity index (χ1n) is 6.15. The van der Waals surface area contributed by atoms with Crippen LogP contribution in [-0.2, 0) is 4.79 Å². The summed E-state index contributed by atoms with van der Waals surface area (Å²) in [7, 11) is 0. The molecule has 1 aromatic rings. The number of rotatable bonds is 7. The summed E-state index contributed by atoms with van der Waals surface area (Å²) in [6.45, 7) is 3.19. The van der Waals surface area contributed by atoms with Gasteiger partial charge in [0.05, 0.1) is 15.9 Å². The summed E-state index contributed by atoms with van der Waals surface area (Å²) in [5.74, 6) is -1.16. The monoisotopic (exact) mass is 297 g/mol. The van der Waals surface area contributed by atoms with Crippen molar-refractivity contribution in [2.24, 2.45) is 0 Å². The van der Waals surface area contributed by atoms with E-state index in [1.54, 1.807) is 6.92 Å². The molecule has 9 heteroatoms. The first-order chi connectivity index (χ1) is 9.71. The number of anilines is 1. The number of non-ortho nitro benzene ring substituents is 1. The van der Waals surface area contributed by atoms with Crippen LogP contribution in [-0.4, -0.2) is 26.5 Å². The summed E-state index contributed by atoms with van der Waals surface area (Å²) >= 11 is 0. The molecule has 0 radical (unpaired) electrons. The minimum Gasteiger partial charge on any atom is -0.480 e. The molecule has 0 bridgehead atoms. The molecule has 0 aliphatic heterocycles. The van der Waals surface area contributed by atoms with Crippen LogP contribution in [0.2, 0.25) is 0 Å². The molecule has 1 rings (SSSR count). The summed E-state index contributed by atoms with van der Waals surface area (Å²) in [6.07, 6.45) is 0.799. The zero-order valence-corrected chi connectivity index (χ0v) is 11.5. The highest BCUT2D eigenvalue weighted by Crippen LogP contribution is 2.32. The van der Waals surface area contributed by atoms with Gasteiger partial charge in [0.15, 0.2) is 0 Å². The molecule has 0 spiro atoms. The summed E-state index contributed by atoms with van der Waals surface area (Å²) in [6, 6.07) is 3.03. The van der Waals surface area contributed by atoms with Crippen molar-refractivity contribution in [2.75, 3.05) is 5.32 Å². The quantitative estimate of drug-likeness (QED) is 0.583. The Hall–Kier alpha value is -2.71. The molecule has 1 unspecified atom stereocenters. The van der Waals surface area contributed by atoms with E-state index < -0.39 is 32.7 Å². The van der Waals surface area contributed by atoms with Gasteiger partial charge < -0.3 is 10.4 Å². The molecule has 0 aliphatic rings. The van der Waals surface area contributed by atoms with Gasteiger partial charge in [0.25, 0.3) is 11.4 Å². The van der Waals surface area contributed by atoms with E-state index in [4.69, 9.17) is 0 Å². The molecule has 0 fully saturated rings. The van der Waals surface area contributed by atoms with Gasteiger partial charge >= 0.3 is 5.97 Å². The average Bonchev–Trinajstić information content (AvgIpc) is 2.38. The molecular formula is C12H15N3O6. The molecular weight excluding hydrogens is 282 g/mol. The van der Waals surface area contributed by atoms with Crippen LogP contribution in [0.5, 0.6) is 0 Å². The van der Waals surface area contributed by atoms with Gasteiger partial charge in [-0.3, -0.25) is 20.2 Å². The Bertz CT molecular complexity index is 588. The second kappa shape index (κ2) is 6.16. The number of nitro groups is 2. The lowest BCUT2D eigenvalue weighted by Crippen LogP contribution is -2.43. The number of carbonyl (C=O) groups is 1. The standard InChI is InChI=1S/C12H15N3O6/c1-3-6-12(2,11(16)17)13-9-5-4-8(14(18)19)7-10(9)15(20)21/h4-5,7,13H,3,6H2,1-2H3,(H,16,17). The SMILES string of the molecule is CCCC(C)(Nc1ccc([N+](=O)[O-])cc1[N+](=O)[O-])C(=O)O. The van der Waals surface area contributed by atoms with E-state index in [2.05, 4.69) is 5.32 Å². The highest BCUT2D eigenvalue weighted by atomic mass is 16.6. The number of hydrogen-bond acceptors (Lipinski definition) is 6.